The molecule has 13 aromatic rings. The van der Waals surface area contributed by atoms with Gasteiger partial charge in [-0.15, -0.1) is 0 Å². The Hall–Kier alpha value is -15.1. The average molecular weight is 1860 g/mol. The summed E-state index contributed by atoms with van der Waals surface area (Å²) in [4.78, 5) is 151. The van der Waals surface area contributed by atoms with Crippen LogP contribution < -0.4 is 32.9 Å². The fraction of sp³-hybridized carbons (Fsp3) is 0.344. The van der Waals surface area contributed by atoms with Gasteiger partial charge in [-0.1, -0.05) is 110 Å². The lowest BCUT2D eigenvalue weighted by Crippen LogP contribution is -2.43. The highest BCUT2D eigenvalue weighted by Gasteiger charge is 2.35. The number of aromatic nitrogens is 10. The Morgan fingerprint density at radius 2 is 0.971 bits per heavy atom. The lowest BCUT2D eigenvalue weighted by atomic mass is 9.89. The number of para-hydroxylation sites is 2. The molecule has 0 unspecified atom stereocenters. The number of carbonyl (C=O) groups excluding carboxylic acids is 11. The van der Waals surface area contributed by atoms with E-state index in [1.807, 2.05) is 145 Å². The van der Waals surface area contributed by atoms with Gasteiger partial charge in [0.15, 0.2) is 11.5 Å². The number of H-pyrrole nitrogens is 1. The van der Waals surface area contributed by atoms with Crippen molar-refractivity contribution in [2.75, 3.05) is 45.8 Å². The first-order valence-electron chi connectivity index (χ1n) is 45.3. The van der Waals surface area contributed by atoms with Gasteiger partial charge in [-0.3, -0.25) is 93.6 Å². The second kappa shape index (κ2) is 42.4. The van der Waals surface area contributed by atoms with E-state index in [4.69, 9.17) is 35.7 Å². The van der Waals surface area contributed by atoms with Crippen molar-refractivity contribution in [2.45, 2.75) is 150 Å². The SMILES string of the molecule is Cc1ccc2[nH]c(C(=O)N3CCn4cc(C(=O)NO)cc4C3)cc2c1.Cn1c(C(=O)N2CCn3cc(C(=O)NO)cc3C2)cc2ccccc21.O=C(NO)c1cc2n(c1)CCCN(C(=O)C1CCCC1)C2.O=C(NO)c1cc2n(c1)CCN(Cc1ccccc1)C2.O=C(NO)c1cc2n(n1)CCN(CC1CCCCC1)C2=O.O=C(NO)c1cn2c(n1)CN(C(=O)c1cc3ccccc3o1)CC2. The lowest BCUT2D eigenvalue weighted by Gasteiger charge is -2.32. The number of amides is 11. The van der Waals surface area contributed by atoms with Gasteiger partial charge in [-0.25, -0.2) is 37.9 Å². The van der Waals surface area contributed by atoms with Crippen LogP contribution in [-0.4, -0.2) is 219 Å². The van der Waals surface area contributed by atoms with E-state index >= 15 is 0 Å². The van der Waals surface area contributed by atoms with Gasteiger partial charge in [0.05, 0.1) is 55.0 Å². The quantitative estimate of drug-likeness (QED) is 0.0356. The van der Waals surface area contributed by atoms with E-state index in [-0.39, 0.29) is 59.1 Å². The molecule has 710 valence electrons. The summed E-state index contributed by atoms with van der Waals surface area (Å²) in [7, 11) is 1.89. The molecule has 0 atom stereocenters. The fourth-order valence-corrected chi connectivity index (χ4v) is 18.8. The predicted molar refractivity (Wildman–Crippen MR) is 489 cm³/mol. The second-order valence-corrected chi connectivity index (χ2v) is 35.0. The molecule has 4 aromatic carbocycles. The maximum absolute atomic E-state index is 13.0. The molecule has 6 aliphatic heterocycles. The predicted octanol–water partition coefficient (Wildman–Crippen LogP) is 9.40. The number of hydrogen-bond acceptors (Lipinski definition) is 21. The number of benzene rings is 4. The maximum Gasteiger partial charge on any atom is 0.295 e. The minimum Gasteiger partial charge on any atom is -0.451 e. The summed E-state index contributed by atoms with van der Waals surface area (Å²) < 4.78 is 18.8. The van der Waals surface area contributed by atoms with Gasteiger partial charge in [0.2, 0.25) is 5.91 Å². The van der Waals surface area contributed by atoms with Crippen molar-refractivity contribution in [1.29, 1.82) is 0 Å². The standard InChI is InChI=1S/2C18H18N4O3.C16H14N4O4.C15H21N3O3.C15H17N3O2.C14H20N4O3/c1-11-2-3-15-12(6-11)8-16(19-15)18(24)22-5-4-21-9-13(17(23)20-25)7-14(21)10-22;1-20-15-5-3-2-4-12(15)9-16(20)18(24)22-7-6-21-10-13(17(23)19-25)8-14(21)11-22;21-15(18-23)11-8-19-5-6-20(9-14(19)17-11)16(22)13-7-10-3-1-2-4-12(10)24-13;19-14(16-21)12-8-13-10-18(7-3-6-17(13)9-12)15(20)11-4-1-2-5-11;19-15(16-20)13-8-14-11-17(6-7-18(14)10-13)9-12-4-2-1-3-5-12;19-13(16-21)11-8-12-14(20)17(6-7-18(12)15-11)9-10-4-2-1-3-5-10/h2-3,6-9,19,25H,4-5,10H2,1H3,(H,20,23);2-5,8-10,25H,6-7,11H2,1H3,(H,19,23);1-4,7-8,23H,5-6,9H2,(H,18,21);8-9,11,21H,1-7,10H2,(H,16,19);1-5,8,10,20H,6-7,9,11H2,(H,16,19);8,10,21H,1-7,9H2,(H,16,19). The van der Waals surface area contributed by atoms with Crippen LogP contribution in [0.25, 0.3) is 32.8 Å². The lowest BCUT2D eigenvalue weighted by molar-refractivity contribution is -0.136. The van der Waals surface area contributed by atoms with Crippen molar-refractivity contribution >= 4 is 97.8 Å². The van der Waals surface area contributed by atoms with E-state index in [0.717, 1.165) is 133 Å². The number of nitrogens with zero attached hydrogens (tertiary/aromatic N) is 15. The number of rotatable bonds is 14. The van der Waals surface area contributed by atoms with Crippen LogP contribution in [0.5, 0.6) is 0 Å². The Labute approximate surface area is 778 Å². The van der Waals surface area contributed by atoms with E-state index in [1.54, 1.807) is 112 Å². The van der Waals surface area contributed by atoms with Crippen LogP contribution in [0.1, 0.15) is 208 Å². The molecule has 8 aliphatic rings. The molecule has 0 radical (unpaired) electrons. The molecule has 21 rings (SSSR count). The van der Waals surface area contributed by atoms with Gasteiger partial charge in [0, 0.05) is 192 Å². The highest BCUT2D eigenvalue weighted by molar-refractivity contribution is 6.02. The van der Waals surface area contributed by atoms with Crippen LogP contribution in [0.15, 0.2) is 181 Å². The highest BCUT2D eigenvalue weighted by Crippen LogP contribution is 2.33. The molecule has 2 fully saturated rings. The molecule has 13 N–H and O–H groups in total. The highest BCUT2D eigenvalue weighted by atomic mass is 16.5. The molecule has 15 heterocycles. The first kappa shape index (κ1) is 94.1. The van der Waals surface area contributed by atoms with Crippen molar-refractivity contribution in [3.05, 3.63) is 273 Å². The van der Waals surface area contributed by atoms with E-state index in [2.05, 4.69) is 36.7 Å². The Bertz CT molecular complexity index is 6570. The zero-order valence-electron chi connectivity index (χ0n) is 75.2. The number of aryl methyl sites for hydroxylation is 3. The van der Waals surface area contributed by atoms with E-state index in [9.17, 15) is 52.7 Å². The molecule has 2 aliphatic carbocycles. The van der Waals surface area contributed by atoms with Crippen molar-refractivity contribution in [1.82, 2.24) is 109 Å². The third-order valence-electron chi connectivity index (χ3n) is 26.0. The van der Waals surface area contributed by atoms with Gasteiger partial charge in [0.25, 0.3) is 59.1 Å². The number of aromatic amines is 1. The molecule has 40 heteroatoms. The molecule has 0 saturated heterocycles. The summed E-state index contributed by atoms with van der Waals surface area (Å²) in [6.07, 6.45) is 19.9. The topological polar surface area (TPSA) is 490 Å². The minimum atomic E-state index is -0.691. The van der Waals surface area contributed by atoms with Gasteiger partial charge < -0.3 is 61.3 Å². The molecule has 0 bridgehead atoms. The van der Waals surface area contributed by atoms with E-state index in [1.165, 1.54) is 43.7 Å². The number of fused-ring (bicyclic) bond motifs is 9. The van der Waals surface area contributed by atoms with Crippen molar-refractivity contribution in [3.63, 3.8) is 0 Å². The minimum absolute atomic E-state index is 0.0284. The van der Waals surface area contributed by atoms with Crippen LogP contribution in [0, 0.1) is 18.8 Å². The number of imidazole rings is 1. The molecular weight excluding hydrogens is 1750 g/mol. The fourth-order valence-electron chi connectivity index (χ4n) is 18.8. The molecule has 136 heavy (non-hydrogen) atoms. The van der Waals surface area contributed by atoms with E-state index in [0.29, 0.717) is 129 Å². The van der Waals surface area contributed by atoms with Crippen LogP contribution >= 0.6 is 0 Å². The second-order valence-electron chi connectivity index (χ2n) is 35.0. The number of carbonyl (C=O) groups is 11. The van der Waals surface area contributed by atoms with Crippen molar-refractivity contribution in [3.8, 4) is 0 Å². The summed E-state index contributed by atoms with van der Waals surface area (Å²) in [5.41, 5.74) is 22.1. The summed E-state index contributed by atoms with van der Waals surface area (Å²) in [5.74, 6) is -1.90. The smallest absolute Gasteiger partial charge is 0.295 e. The normalized spacial score (nSPS) is 15.6. The molecule has 40 nitrogen and oxygen atoms in total. The summed E-state index contributed by atoms with van der Waals surface area (Å²) in [6, 6.07) is 45.7. The zero-order valence-corrected chi connectivity index (χ0v) is 75.2. The average Bonchev–Trinajstić information content (AvgIpc) is 1.63. The Kier molecular flexibility index (Phi) is 29.4. The van der Waals surface area contributed by atoms with Crippen molar-refractivity contribution < 1.29 is 88.4 Å². The van der Waals surface area contributed by atoms with Crippen molar-refractivity contribution in [2.24, 2.45) is 18.9 Å². The molecule has 11 amide bonds. The first-order chi connectivity index (χ1) is 65.9. The van der Waals surface area contributed by atoms with Crippen LogP contribution in [-0.2, 0) is 90.4 Å². The molecular formula is C96H108N22O18. The maximum atomic E-state index is 13.0. The zero-order chi connectivity index (χ0) is 95.4. The third kappa shape index (κ3) is 21.4. The number of hydroxylamine groups is 6. The van der Waals surface area contributed by atoms with Crippen LogP contribution in [0.2, 0.25) is 0 Å². The number of nitrogens with one attached hydrogen (secondary N) is 7. The molecule has 9 aromatic heterocycles. The first-order valence-corrected chi connectivity index (χ1v) is 45.3. The number of furan rings is 1. The summed E-state index contributed by atoms with van der Waals surface area (Å²) in [5, 5.41) is 59.2. The number of hydrogen-bond donors (Lipinski definition) is 13. The molecule has 0 spiro atoms. The Morgan fingerprint density at radius 3 is 1.57 bits per heavy atom. The van der Waals surface area contributed by atoms with Gasteiger partial charge in [0.1, 0.15) is 34.2 Å². The van der Waals surface area contributed by atoms with Gasteiger partial charge in [-0.2, -0.15) is 5.10 Å². The van der Waals surface area contributed by atoms with E-state index < -0.39 is 35.4 Å². The summed E-state index contributed by atoms with van der Waals surface area (Å²) >= 11 is 0. The van der Waals surface area contributed by atoms with Crippen LogP contribution in [0.3, 0.4) is 0 Å². The summed E-state index contributed by atoms with van der Waals surface area (Å²) in [6.45, 7) is 14.2. The Balaban J connectivity index is 0.000000119. The Morgan fingerprint density at radius 1 is 0.441 bits per heavy atom. The van der Waals surface area contributed by atoms with Crippen LogP contribution in [0.4, 0.5) is 0 Å². The van der Waals surface area contributed by atoms with Gasteiger partial charge >= 0.3 is 0 Å². The largest absolute Gasteiger partial charge is 0.451 e. The third-order valence-corrected chi connectivity index (χ3v) is 26.0. The molecule has 2 saturated carbocycles. The monoisotopic (exact) mass is 1860 g/mol. The van der Waals surface area contributed by atoms with Gasteiger partial charge in [-0.05, 0) is 117 Å².